The average Bonchev–Trinajstić information content (AvgIpc) is 2.46. The van der Waals surface area contributed by atoms with E-state index in [0.717, 1.165) is 32.5 Å². The molecule has 0 amide bonds. The van der Waals surface area contributed by atoms with Gasteiger partial charge in [0.05, 0.1) is 11.6 Å². The molecule has 3 nitrogen and oxygen atoms in total. The fourth-order valence-corrected chi connectivity index (χ4v) is 2.30. The molecule has 2 aliphatic rings. The Kier molecular flexibility index (Phi) is 2.99. The van der Waals surface area contributed by atoms with Crippen LogP contribution in [0.1, 0.15) is 12.8 Å². The SMILES string of the molecule is CN1CCC2(C1)NCCC2O.Cl. The van der Waals surface area contributed by atoms with Crippen LogP contribution in [0.4, 0.5) is 0 Å². The van der Waals surface area contributed by atoms with E-state index < -0.39 is 0 Å². The Bertz CT molecular complexity index is 167. The van der Waals surface area contributed by atoms with Crippen molar-refractivity contribution < 1.29 is 5.11 Å². The molecule has 0 radical (unpaired) electrons. The zero-order chi connectivity index (χ0) is 7.90. The van der Waals surface area contributed by atoms with Gasteiger partial charge < -0.3 is 15.3 Å². The molecule has 1 spiro atoms. The molecule has 2 unspecified atom stereocenters. The summed E-state index contributed by atoms with van der Waals surface area (Å²) in [5, 5.41) is 13.1. The molecule has 2 atom stereocenters. The van der Waals surface area contributed by atoms with Crippen molar-refractivity contribution >= 4 is 12.4 Å². The fourth-order valence-electron chi connectivity index (χ4n) is 2.30. The van der Waals surface area contributed by atoms with Gasteiger partial charge in [-0.2, -0.15) is 0 Å². The monoisotopic (exact) mass is 192 g/mol. The maximum Gasteiger partial charge on any atom is 0.0746 e. The smallest absolute Gasteiger partial charge is 0.0746 e. The van der Waals surface area contributed by atoms with Gasteiger partial charge in [-0.1, -0.05) is 0 Å². The van der Waals surface area contributed by atoms with Crippen molar-refractivity contribution in [1.82, 2.24) is 10.2 Å². The zero-order valence-electron chi connectivity index (χ0n) is 7.42. The number of nitrogens with zero attached hydrogens (tertiary/aromatic N) is 1. The number of hydrogen-bond donors (Lipinski definition) is 2. The maximum atomic E-state index is 9.71. The first-order valence-corrected chi connectivity index (χ1v) is 4.35. The van der Waals surface area contributed by atoms with Crippen LogP contribution in [-0.2, 0) is 0 Å². The Labute approximate surface area is 79.5 Å². The number of aliphatic hydroxyl groups excluding tert-OH is 1. The van der Waals surface area contributed by atoms with Gasteiger partial charge in [0.15, 0.2) is 0 Å². The van der Waals surface area contributed by atoms with Crippen LogP contribution in [0.5, 0.6) is 0 Å². The number of likely N-dealkylation sites (N-methyl/N-ethyl adjacent to an activating group) is 1. The Balaban J connectivity index is 0.000000720. The molecule has 0 aromatic heterocycles. The molecule has 0 saturated carbocycles. The molecule has 0 aromatic rings. The minimum atomic E-state index is -0.118. The number of likely N-dealkylation sites (tertiary alicyclic amines) is 1. The second-order valence-corrected chi connectivity index (χ2v) is 3.88. The first kappa shape index (κ1) is 10.3. The molecule has 2 fully saturated rings. The van der Waals surface area contributed by atoms with Crippen molar-refractivity contribution in [3.05, 3.63) is 0 Å². The van der Waals surface area contributed by atoms with Crippen molar-refractivity contribution in [3.8, 4) is 0 Å². The number of halogens is 1. The van der Waals surface area contributed by atoms with E-state index in [4.69, 9.17) is 0 Å². The van der Waals surface area contributed by atoms with Gasteiger partial charge in [-0.25, -0.2) is 0 Å². The second kappa shape index (κ2) is 3.50. The van der Waals surface area contributed by atoms with E-state index in [0.29, 0.717) is 0 Å². The lowest BCUT2D eigenvalue weighted by atomic mass is 9.94. The fraction of sp³-hybridized carbons (Fsp3) is 1.00. The molecule has 2 aliphatic heterocycles. The van der Waals surface area contributed by atoms with Gasteiger partial charge in [0.2, 0.25) is 0 Å². The van der Waals surface area contributed by atoms with Crippen molar-refractivity contribution in [2.75, 3.05) is 26.7 Å². The first-order chi connectivity index (χ1) is 5.23. The summed E-state index contributed by atoms with van der Waals surface area (Å²) in [5.41, 5.74) is 0.0503. The van der Waals surface area contributed by atoms with Crippen LogP contribution in [0.2, 0.25) is 0 Å². The Morgan fingerprint density at radius 2 is 2.33 bits per heavy atom. The molecular formula is C8H17ClN2O. The molecule has 0 aromatic carbocycles. The van der Waals surface area contributed by atoms with Crippen LogP contribution in [-0.4, -0.2) is 48.3 Å². The van der Waals surface area contributed by atoms with Crippen LogP contribution in [0.15, 0.2) is 0 Å². The number of aliphatic hydroxyl groups is 1. The summed E-state index contributed by atoms with van der Waals surface area (Å²) >= 11 is 0. The topological polar surface area (TPSA) is 35.5 Å². The van der Waals surface area contributed by atoms with Crippen LogP contribution >= 0.6 is 12.4 Å². The minimum absolute atomic E-state index is 0. The summed E-state index contributed by atoms with van der Waals surface area (Å²) in [6, 6.07) is 0. The van der Waals surface area contributed by atoms with Gasteiger partial charge in [-0.3, -0.25) is 0 Å². The van der Waals surface area contributed by atoms with E-state index in [1.807, 2.05) is 0 Å². The molecule has 72 valence electrons. The van der Waals surface area contributed by atoms with Gasteiger partial charge in [0.25, 0.3) is 0 Å². The summed E-state index contributed by atoms with van der Waals surface area (Å²) in [7, 11) is 2.11. The van der Waals surface area contributed by atoms with Crippen molar-refractivity contribution in [1.29, 1.82) is 0 Å². The molecular weight excluding hydrogens is 176 g/mol. The summed E-state index contributed by atoms with van der Waals surface area (Å²) in [6.45, 7) is 3.10. The highest BCUT2D eigenvalue weighted by Crippen LogP contribution is 2.29. The second-order valence-electron chi connectivity index (χ2n) is 3.88. The first-order valence-electron chi connectivity index (χ1n) is 4.35. The van der Waals surface area contributed by atoms with Crippen LogP contribution < -0.4 is 5.32 Å². The highest BCUT2D eigenvalue weighted by atomic mass is 35.5. The zero-order valence-corrected chi connectivity index (χ0v) is 8.23. The van der Waals surface area contributed by atoms with Crippen LogP contribution in [0.25, 0.3) is 0 Å². The molecule has 2 heterocycles. The van der Waals surface area contributed by atoms with E-state index >= 15 is 0 Å². The summed E-state index contributed by atoms with van der Waals surface area (Å²) in [5.74, 6) is 0. The highest BCUT2D eigenvalue weighted by molar-refractivity contribution is 5.85. The van der Waals surface area contributed by atoms with Crippen molar-refractivity contribution in [2.24, 2.45) is 0 Å². The van der Waals surface area contributed by atoms with Crippen molar-refractivity contribution in [2.45, 2.75) is 24.5 Å². The number of nitrogens with one attached hydrogen (secondary N) is 1. The minimum Gasteiger partial charge on any atom is -0.391 e. The summed E-state index contributed by atoms with van der Waals surface area (Å²) < 4.78 is 0. The van der Waals surface area contributed by atoms with E-state index in [9.17, 15) is 5.11 Å². The summed E-state index contributed by atoms with van der Waals surface area (Å²) in [4.78, 5) is 2.28. The quantitative estimate of drug-likeness (QED) is 0.560. The lowest BCUT2D eigenvalue weighted by Gasteiger charge is -2.27. The predicted octanol–water partition coefficient (Wildman–Crippen LogP) is -0.163. The molecule has 0 aliphatic carbocycles. The van der Waals surface area contributed by atoms with E-state index in [1.165, 1.54) is 0 Å². The average molecular weight is 193 g/mol. The third-order valence-electron chi connectivity index (χ3n) is 3.02. The van der Waals surface area contributed by atoms with Gasteiger partial charge in [0, 0.05) is 6.54 Å². The number of hydrogen-bond acceptors (Lipinski definition) is 3. The van der Waals surface area contributed by atoms with Gasteiger partial charge in [-0.05, 0) is 33.0 Å². The molecule has 2 rings (SSSR count). The van der Waals surface area contributed by atoms with Gasteiger partial charge in [-0.15, -0.1) is 12.4 Å². The lowest BCUT2D eigenvalue weighted by molar-refractivity contribution is 0.102. The Morgan fingerprint density at radius 3 is 2.75 bits per heavy atom. The molecule has 2 saturated heterocycles. The molecule has 12 heavy (non-hydrogen) atoms. The molecule has 0 bridgehead atoms. The lowest BCUT2D eigenvalue weighted by Crippen LogP contribution is -2.49. The largest absolute Gasteiger partial charge is 0.391 e. The van der Waals surface area contributed by atoms with Crippen LogP contribution in [0, 0.1) is 0 Å². The Hall–Kier alpha value is 0.170. The Morgan fingerprint density at radius 1 is 1.58 bits per heavy atom. The van der Waals surface area contributed by atoms with E-state index in [1.54, 1.807) is 0 Å². The molecule has 2 N–H and O–H groups in total. The highest BCUT2D eigenvalue weighted by Gasteiger charge is 2.45. The van der Waals surface area contributed by atoms with Gasteiger partial charge >= 0.3 is 0 Å². The third kappa shape index (κ3) is 1.46. The third-order valence-corrected chi connectivity index (χ3v) is 3.02. The van der Waals surface area contributed by atoms with Gasteiger partial charge in [0.1, 0.15) is 0 Å². The van der Waals surface area contributed by atoms with E-state index in [2.05, 4.69) is 17.3 Å². The normalized spacial score (nSPS) is 42.0. The summed E-state index contributed by atoms with van der Waals surface area (Å²) in [6.07, 6.45) is 1.91. The van der Waals surface area contributed by atoms with Crippen molar-refractivity contribution in [3.63, 3.8) is 0 Å². The van der Waals surface area contributed by atoms with Crippen LogP contribution in [0.3, 0.4) is 0 Å². The predicted molar refractivity (Wildman–Crippen MR) is 50.7 cm³/mol. The maximum absolute atomic E-state index is 9.71. The molecule has 4 heteroatoms. The van der Waals surface area contributed by atoms with E-state index in [-0.39, 0.29) is 24.0 Å². The standard InChI is InChI=1S/C8H16N2O.ClH/c1-10-5-3-8(6-10)7(11)2-4-9-8;/h7,9,11H,2-6H2,1H3;1H. The number of rotatable bonds is 0.